The lowest BCUT2D eigenvalue weighted by Crippen LogP contribution is -2.11. The molecule has 1 N–H and O–H groups in total. The van der Waals surface area contributed by atoms with E-state index in [0.717, 1.165) is 17.8 Å². The molecule has 1 amide bonds. The molecule has 0 aliphatic rings. The van der Waals surface area contributed by atoms with E-state index < -0.39 is 0 Å². The van der Waals surface area contributed by atoms with Crippen LogP contribution in [0.25, 0.3) is 0 Å². The van der Waals surface area contributed by atoms with E-state index in [2.05, 4.69) is 22.4 Å². The molecule has 1 heterocycles. The minimum Gasteiger partial charge on any atom is -0.296 e. The van der Waals surface area contributed by atoms with Gasteiger partial charge in [0.2, 0.25) is 5.13 Å². The van der Waals surface area contributed by atoms with Gasteiger partial charge in [-0.2, -0.15) is 0 Å². The van der Waals surface area contributed by atoms with Gasteiger partial charge in [-0.15, -0.1) is 10.2 Å². The first-order valence-corrected chi connectivity index (χ1v) is 7.26. The number of benzene rings is 1. The SMILES string of the molecule is CCCc1nnc(NC(=O)c2ccc(Cl)c(Cl)c2)s1. The Morgan fingerprint density at radius 3 is 2.79 bits per heavy atom. The van der Waals surface area contributed by atoms with Crippen molar-refractivity contribution < 1.29 is 4.79 Å². The lowest BCUT2D eigenvalue weighted by Gasteiger charge is -2.02. The van der Waals surface area contributed by atoms with E-state index in [-0.39, 0.29) is 5.91 Å². The van der Waals surface area contributed by atoms with Crippen LogP contribution in [-0.2, 0) is 6.42 Å². The Morgan fingerprint density at radius 1 is 1.32 bits per heavy atom. The predicted octanol–water partition coefficient (Wildman–Crippen LogP) is 4.05. The van der Waals surface area contributed by atoms with E-state index in [9.17, 15) is 4.79 Å². The summed E-state index contributed by atoms with van der Waals surface area (Å²) in [4.78, 5) is 12.0. The second kappa shape index (κ2) is 6.32. The third-order valence-corrected chi connectivity index (χ3v) is 3.97. The summed E-state index contributed by atoms with van der Waals surface area (Å²) in [5, 5.41) is 12.8. The summed E-state index contributed by atoms with van der Waals surface area (Å²) in [6.45, 7) is 2.06. The maximum absolute atomic E-state index is 12.0. The largest absolute Gasteiger partial charge is 0.296 e. The number of hydrogen-bond acceptors (Lipinski definition) is 4. The van der Waals surface area contributed by atoms with Crippen molar-refractivity contribution in [3.05, 3.63) is 38.8 Å². The van der Waals surface area contributed by atoms with Gasteiger partial charge in [-0.05, 0) is 24.6 Å². The zero-order chi connectivity index (χ0) is 13.8. The second-order valence-electron chi connectivity index (χ2n) is 3.83. The van der Waals surface area contributed by atoms with E-state index in [1.54, 1.807) is 12.1 Å². The third-order valence-electron chi connectivity index (χ3n) is 2.33. The van der Waals surface area contributed by atoms with Crippen molar-refractivity contribution in [3.63, 3.8) is 0 Å². The summed E-state index contributed by atoms with van der Waals surface area (Å²) in [5.74, 6) is -0.280. The smallest absolute Gasteiger partial charge is 0.257 e. The van der Waals surface area contributed by atoms with Crippen LogP contribution in [-0.4, -0.2) is 16.1 Å². The van der Waals surface area contributed by atoms with E-state index in [0.29, 0.717) is 20.7 Å². The monoisotopic (exact) mass is 315 g/mol. The lowest BCUT2D eigenvalue weighted by atomic mass is 10.2. The Morgan fingerprint density at radius 2 is 2.11 bits per heavy atom. The molecule has 1 aromatic carbocycles. The molecular formula is C12H11Cl2N3OS. The van der Waals surface area contributed by atoms with Crippen LogP contribution in [0.5, 0.6) is 0 Å². The summed E-state index contributed by atoms with van der Waals surface area (Å²) in [6.07, 6.45) is 1.86. The number of aromatic nitrogens is 2. The van der Waals surface area contributed by atoms with Gasteiger partial charge in [-0.1, -0.05) is 41.5 Å². The second-order valence-corrected chi connectivity index (χ2v) is 5.71. The molecule has 0 saturated heterocycles. The molecule has 0 spiro atoms. The molecule has 0 saturated carbocycles. The molecule has 7 heteroatoms. The highest BCUT2D eigenvalue weighted by Gasteiger charge is 2.11. The standard InChI is InChI=1S/C12H11Cl2N3OS/c1-2-3-10-16-17-12(19-10)15-11(18)7-4-5-8(13)9(14)6-7/h4-6H,2-3H2,1H3,(H,15,17,18). The quantitative estimate of drug-likeness (QED) is 0.926. The fourth-order valence-corrected chi connectivity index (χ4v) is 2.56. The van der Waals surface area contributed by atoms with Crippen molar-refractivity contribution in [1.29, 1.82) is 0 Å². The van der Waals surface area contributed by atoms with Gasteiger partial charge in [0.25, 0.3) is 5.91 Å². The number of halogens is 2. The number of carbonyl (C=O) groups excluding carboxylic acids is 1. The van der Waals surface area contributed by atoms with Crippen molar-refractivity contribution in [2.75, 3.05) is 5.32 Å². The minimum absolute atomic E-state index is 0.280. The predicted molar refractivity (Wildman–Crippen MR) is 78.3 cm³/mol. The van der Waals surface area contributed by atoms with Gasteiger partial charge in [0.05, 0.1) is 10.0 Å². The van der Waals surface area contributed by atoms with Gasteiger partial charge in [-0.25, -0.2) is 0 Å². The lowest BCUT2D eigenvalue weighted by molar-refractivity contribution is 0.102. The Kier molecular flexibility index (Phi) is 4.74. The van der Waals surface area contributed by atoms with Gasteiger partial charge in [-0.3, -0.25) is 10.1 Å². The molecule has 0 aliphatic carbocycles. The summed E-state index contributed by atoms with van der Waals surface area (Å²) < 4.78 is 0. The highest BCUT2D eigenvalue weighted by Crippen LogP contribution is 2.23. The van der Waals surface area contributed by atoms with Gasteiger partial charge >= 0.3 is 0 Å². The molecule has 2 rings (SSSR count). The molecule has 0 bridgehead atoms. The van der Waals surface area contributed by atoms with E-state index in [1.165, 1.54) is 17.4 Å². The number of aryl methyl sites for hydroxylation is 1. The summed E-state index contributed by atoms with van der Waals surface area (Å²) in [7, 11) is 0. The minimum atomic E-state index is -0.280. The van der Waals surface area contributed by atoms with Crippen molar-refractivity contribution in [2.24, 2.45) is 0 Å². The van der Waals surface area contributed by atoms with Gasteiger partial charge < -0.3 is 0 Å². The molecule has 0 fully saturated rings. The Balaban J connectivity index is 2.09. The van der Waals surface area contributed by atoms with Crippen LogP contribution in [0.3, 0.4) is 0 Å². The number of hydrogen-bond donors (Lipinski definition) is 1. The highest BCUT2D eigenvalue weighted by atomic mass is 35.5. The number of nitrogens with one attached hydrogen (secondary N) is 1. The van der Waals surface area contributed by atoms with E-state index in [1.807, 2.05) is 0 Å². The number of carbonyl (C=O) groups is 1. The van der Waals surface area contributed by atoms with Crippen LogP contribution < -0.4 is 5.32 Å². The first-order chi connectivity index (χ1) is 9.10. The normalized spacial score (nSPS) is 10.5. The Hall–Kier alpha value is -1.17. The maximum atomic E-state index is 12.0. The average molecular weight is 316 g/mol. The van der Waals surface area contributed by atoms with Crippen LogP contribution in [0.4, 0.5) is 5.13 Å². The number of rotatable bonds is 4. The highest BCUT2D eigenvalue weighted by molar-refractivity contribution is 7.15. The molecule has 100 valence electrons. The molecule has 0 unspecified atom stereocenters. The molecule has 2 aromatic rings. The Bertz CT molecular complexity index is 600. The first kappa shape index (κ1) is 14.2. The molecule has 1 aromatic heterocycles. The molecular weight excluding hydrogens is 305 g/mol. The van der Waals surface area contributed by atoms with E-state index >= 15 is 0 Å². The summed E-state index contributed by atoms with van der Waals surface area (Å²) in [5.41, 5.74) is 0.432. The van der Waals surface area contributed by atoms with E-state index in [4.69, 9.17) is 23.2 Å². The van der Waals surface area contributed by atoms with Crippen LogP contribution in [0, 0.1) is 0 Å². The van der Waals surface area contributed by atoms with Crippen LogP contribution in [0.2, 0.25) is 10.0 Å². The first-order valence-electron chi connectivity index (χ1n) is 5.69. The summed E-state index contributed by atoms with van der Waals surface area (Å²) >= 11 is 13.0. The molecule has 19 heavy (non-hydrogen) atoms. The fourth-order valence-electron chi connectivity index (χ4n) is 1.43. The zero-order valence-electron chi connectivity index (χ0n) is 10.1. The topological polar surface area (TPSA) is 54.9 Å². The Labute approximate surface area is 124 Å². The van der Waals surface area contributed by atoms with Gasteiger partial charge in [0.1, 0.15) is 5.01 Å². The maximum Gasteiger partial charge on any atom is 0.257 e. The van der Waals surface area contributed by atoms with Crippen molar-refractivity contribution in [2.45, 2.75) is 19.8 Å². The van der Waals surface area contributed by atoms with Gasteiger partial charge in [0.15, 0.2) is 0 Å². The number of anilines is 1. The van der Waals surface area contributed by atoms with Crippen molar-refractivity contribution in [3.8, 4) is 0 Å². The zero-order valence-corrected chi connectivity index (χ0v) is 12.4. The number of nitrogens with zero attached hydrogens (tertiary/aromatic N) is 2. The molecule has 0 atom stereocenters. The molecule has 0 aliphatic heterocycles. The molecule has 4 nitrogen and oxygen atoms in total. The van der Waals surface area contributed by atoms with Crippen molar-refractivity contribution in [1.82, 2.24) is 10.2 Å². The van der Waals surface area contributed by atoms with Gasteiger partial charge in [0, 0.05) is 12.0 Å². The van der Waals surface area contributed by atoms with Crippen LogP contribution in [0.15, 0.2) is 18.2 Å². The van der Waals surface area contributed by atoms with Crippen molar-refractivity contribution >= 4 is 45.6 Å². The molecule has 0 radical (unpaired) electrons. The third kappa shape index (κ3) is 3.65. The van der Waals surface area contributed by atoms with Crippen LogP contribution in [0.1, 0.15) is 28.7 Å². The summed E-state index contributed by atoms with van der Waals surface area (Å²) in [6, 6.07) is 4.71. The van der Waals surface area contributed by atoms with Crippen LogP contribution >= 0.6 is 34.5 Å². The fraction of sp³-hybridized carbons (Fsp3) is 0.250. The number of amides is 1. The average Bonchev–Trinajstić information content (AvgIpc) is 2.80.